The maximum Gasteiger partial charge on any atom is 0.100 e. The molecule has 0 atom stereocenters. The first-order chi connectivity index (χ1) is 8.54. The lowest BCUT2D eigenvalue weighted by Crippen LogP contribution is -2.41. The van der Waals surface area contributed by atoms with Gasteiger partial charge in [0.05, 0.1) is 5.56 Å². The van der Waals surface area contributed by atoms with Gasteiger partial charge in [-0.2, -0.15) is 5.26 Å². The van der Waals surface area contributed by atoms with Crippen LogP contribution in [0.5, 0.6) is 0 Å². The maximum absolute atomic E-state index is 8.75. The zero-order valence-electron chi connectivity index (χ0n) is 11.7. The topological polar surface area (TPSA) is 39.1 Å². The summed E-state index contributed by atoms with van der Waals surface area (Å²) in [6, 6.07) is 5.28. The molecule has 0 aliphatic heterocycles. The largest absolute Gasteiger partial charge is 0.311 e. The first-order valence-electron chi connectivity index (χ1n) is 6.48. The van der Waals surface area contributed by atoms with Crippen molar-refractivity contribution in [2.75, 3.05) is 13.1 Å². The van der Waals surface area contributed by atoms with Gasteiger partial charge >= 0.3 is 0 Å². The first kappa shape index (κ1) is 15.2. The van der Waals surface area contributed by atoms with E-state index in [0.29, 0.717) is 12.1 Å². The van der Waals surface area contributed by atoms with Gasteiger partial charge < -0.3 is 5.32 Å². The van der Waals surface area contributed by atoms with E-state index in [9.17, 15) is 0 Å². The van der Waals surface area contributed by atoms with Gasteiger partial charge in [-0.25, -0.2) is 0 Å². The third kappa shape index (κ3) is 4.77. The van der Waals surface area contributed by atoms with E-state index < -0.39 is 0 Å². The molecule has 0 bridgehead atoms. The Hall–Kier alpha value is -0.890. The summed E-state index contributed by atoms with van der Waals surface area (Å²) in [5.74, 6) is 0. The monoisotopic (exact) mass is 265 g/mol. The fraction of sp³-hybridized carbons (Fsp3) is 0.643. The lowest BCUT2D eigenvalue weighted by molar-refractivity contribution is 0.176. The van der Waals surface area contributed by atoms with Crippen LogP contribution in [0.25, 0.3) is 0 Å². The molecule has 0 spiro atoms. The molecule has 100 valence electrons. The van der Waals surface area contributed by atoms with Crippen LogP contribution in [0.1, 0.15) is 38.1 Å². The second kappa shape index (κ2) is 7.52. The number of thiophene rings is 1. The van der Waals surface area contributed by atoms with Gasteiger partial charge in [-0.05, 0) is 33.8 Å². The third-order valence-corrected chi connectivity index (χ3v) is 3.89. The molecule has 0 saturated carbocycles. The van der Waals surface area contributed by atoms with Crippen LogP contribution in [0.2, 0.25) is 0 Å². The Morgan fingerprint density at radius 1 is 1.33 bits per heavy atom. The van der Waals surface area contributed by atoms with Gasteiger partial charge in [0.15, 0.2) is 0 Å². The van der Waals surface area contributed by atoms with E-state index in [1.54, 1.807) is 11.3 Å². The van der Waals surface area contributed by atoms with E-state index in [1.165, 1.54) is 4.88 Å². The quantitative estimate of drug-likeness (QED) is 0.771. The molecule has 0 unspecified atom stereocenters. The molecule has 0 aromatic carbocycles. The summed E-state index contributed by atoms with van der Waals surface area (Å²) in [7, 11) is 0. The Bertz CT molecular complexity index is 382. The number of nitrogens with one attached hydrogen (secondary N) is 1. The van der Waals surface area contributed by atoms with E-state index in [0.717, 1.165) is 25.2 Å². The van der Waals surface area contributed by atoms with Crippen LogP contribution in [0.4, 0.5) is 0 Å². The number of nitrogens with zero attached hydrogens (tertiary/aromatic N) is 2. The van der Waals surface area contributed by atoms with Gasteiger partial charge in [-0.1, -0.05) is 0 Å². The van der Waals surface area contributed by atoms with Crippen molar-refractivity contribution in [3.05, 3.63) is 21.9 Å². The van der Waals surface area contributed by atoms with Crippen molar-refractivity contribution < 1.29 is 0 Å². The highest BCUT2D eigenvalue weighted by atomic mass is 32.1. The fourth-order valence-corrected chi connectivity index (χ4v) is 2.84. The van der Waals surface area contributed by atoms with Gasteiger partial charge in [0, 0.05) is 42.0 Å². The second-order valence-corrected chi connectivity index (χ2v) is 6.01. The molecule has 0 saturated heterocycles. The zero-order valence-corrected chi connectivity index (χ0v) is 12.5. The highest BCUT2D eigenvalue weighted by molar-refractivity contribution is 7.10. The molecule has 0 radical (unpaired) electrons. The van der Waals surface area contributed by atoms with Crippen LogP contribution in [-0.2, 0) is 6.54 Å². The standard InChI is InChI=1S/C14H23N3S/c1-11(2)17(12(3)4)6-5-16-9-14-7-13(8-15)10-18-14/h7,10-12,16H,5-6,9H2,1-4H3. The van der Waals surface area contributed by atoms with Crippen LogP contribution >= 0.6 is 11.3 Å². The second-order valence-electron chi connectivity index (χ2n) is 5.02. The summed E-state index contributed by atoms with van der Waals surface area (Å²) < 4.78 is 0. The van der Waals surface area contributed by atoms with Crippen molar-refractivity contribution in [2.45, 2.75) is 46.3 Å². The average molecular weight is 265 g/mol. The van der Waals surface area contributed by atoms with E-state index in [2.05, 4.69) is 44.0 Å². The summed E-state index contributed by atoms with van der Waals surface area (Å²) in [4.78, 5) is 3.70. The van der Waals surface area contributed by atoms with Crippen molar-refractivity contribution in [3.63, 3.8) is 0 Å². The Kier molecular flexibility index (Phi) is 6.34. The molecule has 0 aliphatic rings. The van der Waals surface area contributed by atoms with Crippen molar-refractivity contribution in [3.8, 4) is 6.07 Å². The average Bonchev–Trinajstić information content (AvgIpc) is 2.75. The van der Waals surface area contributed by atoms with E-state index >= 15 is 0 Å². The molecule has 1 rings (SSSR count). The predicted octanol–water partition coefficient (Wildman–Crippen LogP) is 2.83. The Labute approximate surface area is 114 Å². The maximum atomic E-state index is 8.75. The molecule has 3 nitrogen and oxygen atoms in total. The molecule has 1 heterocycles. The Morgan fingerprint density at radius 3 is 2.50 bits per heavy atom. The minimum absolute atomic E-state index is 0.582. The molecule has 1 N–H and O–H groups in total. The van der Waals surface area contributed by atoms with Crippen LogP contribution in [0, 0.1) is 11.3 Å². The summed E-state index contributed by atoms with van der Waals surface area (Å²) in [5, 5.41) is 14.1. The summed E-state index contributed by atoms with van der Waals surface area (Å²) in [5.41, 5.74) is 0.766. The Morgan fingerprint density at radius 2 is 2.00 bits per heavy atom. The zero-order chi connectivity index (χ0) is 13.5. The molecule has 0 amide bonds. The van der Waals surface area contributed by atoms with Gasteiger partial charge in [0.1, 0.15) is 6.07 Å². The smallest absolute Gasteiger partial charge is 0.100 e. The number of hydrogen-bond acceptors (Lipinski definition) is 4. The van der Waals surface area contributed by atoms with E-state index in [4.69, 9.17) is 5.26 Å². The molecule has 1 aromatic rings. The van der Waals surface area contributed by atoms with Crippen LogP contribution < -0.4 is 5.32 Å². The molecule has 18 heavy (non-hydrogen) atoms. The van der Waals surface area contributed by atoms with Gasteiger partial charge in [-0.15, -0.1) is 11.3 Å². The third-order valence-electron chi connectivity index (χ3n) is 2.96. The van der Waals surface area contributed by atoms with Gasteiger partial charge in [-0.3, -0.25) is 4.90 Å². The highest BCUT2D eigenvalue weighted by Gasteiger charge is 2.12. The molecular formula is C14H23N3S. The summed E-state index contributed by atoms with van der Waals surface area (Å²) in [6.45, 7) is 11.8. The normalized spacial score (nSPS) is 11.4. The number of nitriles is 1. The number of hydrogen-bond donors (Lipinski definition) is 1. The highest BCUT2D eigenvalue weighted by Crippen LogP contribution is 2.13. The van der Waals surface area contributed by atoms with Crippen molar-refractivity contribution >= 4 is 11.3 Å². The molecule has 1 aromatic heterocycles. The lowest BCUT2D eigenvalue weighted by atomic mass is 10.2. The van der Waals surface area contributed by atoms with E-state index in [1.807, 2.05) is 11.4 Å². The fourth-order valence-electron chi connectivity index (χ4n) is 2.06. The number of rotatable bonds is 7. The molecule has 4 heteroatoms. The van der Waals surface area contributed by atoms with Crippen molar-refractivity contribution in [1.29, 1.82) is 5.26 Å². The van der Waals surface area contributed by atoms with Crippen LogP contribution in [0.3, 0.4) is 0 Å². The molecule has 0 fully saturated rings. The van der Waals surface area contributed by atoms with Gasteiger partial charge in [0.2, 0.25) is 0 Å². The Balaban J connectivity index is 2.28. The predicted molar refractivity (Wildman–Crippen MR) is 77.7 cm³/mol. The molecule has 0 aliphatic carbocycles. The minimum atomic E-state index is 0.582. The van der Waals surface area contributed by atoms with E-state index in [-0.39, 0.29) is 0 Å². The SMILES string of the molecule is CC(C)N(CCNCc1cc(C#N)cs1)C(C)C. The lowest BCUT2D eigenvalue weighted by Gasteiger charge is -2.30. The van der Waals surface area contributed by atoms with Crippen LogP contribution in [0.15, 0.2) is 11.4 Å². The van der Waals surface area contributed by atoms with Crippen molar-refractivity contribution in [1.82, 2.24) is 10.2 Å². The first-order valence-corrected chi connectivity index (χ1v) is 7.36. The summed E-state index contributed by atoms with van der Waals surface area (Å²) in [6.07, 6.45) is 0. The summed E-state index contributed by atoms with van der Waals surface area (Å²) >= 11 is 1.65. The van der Waals surface area contributed by atoms with Gasteiger partial charge in [0.25, 0.3) is 0 Å². The minimum Gasteiger partial charge on any atom is -0.311 e. The van der Waals surface area contributed by atoms with Crippen LogP contribution in [-0.4, -0.2) is 30.1 Å². The molecular weight excluding hydrogens is 242 g/mol. The van der Waals surface area contributed by atoms with Crippen molar-refractivity contribution in [2.24, 2.45) is 0 Å².